The number of anilines is 1. The number of hydrogen-bond acceptors (Lipinski definition) is 4. The van der Waals surface area contributed by atoms with Crippen LogP contribution in [0.25, 0.3) is 0 Å². The Morgan fingerprint density at radius 2 is 2.00 bits per heavy atom. The van der Waals surface area contributed by atoms with Crippen molar-refractivity contribution in [3.05, 3.63) is 54.0 Å². The van der Waals surface area contributed by atoms with Crippen molar-refractivity contribution in [2.75, 3.05) is 31.1 Å². The quantitative estimate of drug-likeness (QED) is 0.705. The maximum absolute atomic E-state index is 13.1. The van der Waals surface area contributed by atoms with Crippen molar-refractivity contribution in [1.29, 1.82) is 0 Å². The van der Waals surface area contributed by atoms with Gasteiger partial charge in [-0.05, 0) is 50.1 Å². The van der Waals surface area contributed by atoms with Crippen molar-refractivity contribution in [2.24, 2.45) is 0 Å². The molecule has 8 heteroatoms. The standard InChI is InChI=1S/C21H23F4N3O/c1-20-8-7-18(29-17-4-2-3-15(11-17)21(23,24)25)13-28(20)10-9-27(14-20)19-6-5-16(22)12-26-19/h2-6,11-12,18H,7-10,13-14H2,1H3/t18-,20+/m1/s1. The van der Waals surface area contributed by atoms with Gasteiger partial charge in [-0.25, -0.2) is 9.37 Å². The molecule has 2 fully saturated rings. The molecule has 0 spiro atoms. The summed E-state index contributed by atoms with van der Waals surface area (Å²) in [4.78, 5) is 8.68. The largest absolute Gasteiger partial charge is 0.489 e. The fourth-order valence-corrected chi connectivity index (χ4v) is 4.24. The predicted octanol–water partition coefficient (Wildman–Crippen LogP) is 4.36. The maximum Gasteiger partial charge on any atom is 0.416 e. The van der Waals surface area contributed by atoms with Crippen LogP contribution in [-0.2, 0) is 6.18 Å². The van der Waals surface area contributed by atoms with Crippen LogP contribution >= 0.6 is 0 Å². The topological polar surface area (TPSA) is 28.6 Å². The number of benzene rings is 1. The Morgan fingerprint density at radius 3 is 2.72 bits per heavy atom. The van der Waals surface area contributed by atoms with Gasteiger partial charge in [0.2, 0.25) is 0 Å². The molecule has 4 rings (SSSR count). The molecular formula is C21H23F4N3O. The Bertz CT molecular complexity index is 858. The molecule has 2 aliphatic heterocycles. The lowest BCUT2D eigenvalue weighted by molar-refractivity contribution is -0.137. The second kappa shape index (κ2) is 7.48. The maximum atomic E-state index is 13.1. The summed E-state index contributed by atoms with van der Waals surface area (Å²) in [6.45, 7) is 5.16. The van der Waals surface area contributed by atoms with E-state index in [1.165, 1.54) is 18.3 Å². The van der Waals surface area contributed by atoms with Gasteiger partial charge in [0.05, 0.1) is 11.8 Å². The number of alkyl halides is 3. The van der Waals surface area contributed by atoms with Crippen LogP contribution in [0.1, 0.15) is 25.3 Å². The van der Waals surface area contributed by atoms with Crippen LogP contribution < -0.4 is 9.64 Å². The van der Waals surface area contributed by atoms with Crippen LogP contribution in [0.2, 0.25) is 0 Å². The van der Waals surface area contributed by atoms with Crippen molar-refractivity contribution >= 4 is 5.82 Å². The number of hydrogen-bond donors (Lipinski definition) is 0. The first-order valence-electron chi connectivity index (χ1n) is 9.68. The molecule has 2 aromatic rings. The molecular weight excluding hydrogens is 386 g/mol. The molecule has 4 nitrogen and oxygen atoms in total. The molecule has 0 bridgehead atoms. The summed E-state index contributed by atoms with van der Waals surface area (Å²) < 4.78 is 57.8. The van der Waals surface area contributed by atoms with E-state index in [9.17, 15) is 17.6 Å². The van der Waals surface area contributed by atoms with Gasteiger partial charge < -0.3 is 9.64 Å². The first-order valence-corrected chi connectivity index (χ1v) is 9.68. The first-order chi connectivity index (χ1) is 13.7. The molecule has 0 aliphatic carbocycles. The summed E-state index contributed by atoms with van der Waals surface area (Å²) in [5.74, 6) is 0.656. The van der Waals surface area contributed by atoms with Crippen molar-refractivity contribution in [2.45, 2.75) is 37.6 Å². The van der Waals surface area contributed by atoms with E-state index in [1.54, 1.807) is 12.1 Å². The molecule has 156 valence electrons. The summed E-state index contributed by atoms with van der Waals surface area (Å²) >= 11 is 0. The van der Waals surface area contributed by atoms with Gasteiger partial charge in [0.15, 0.2) is 0 Å². The highest BCUT2D eigenvalue weighted by Gasteiger charge is 2.43. The van der Waals surface area contributed by atoms with Gasteiger partial charge in [-0.15, -0.1) is 0 Å². The number of aromatic nitrogens is 1. The summed E-state index contributed by atoms with van der Waals surface area (Å²) in [6.07, 6.45) is -1.69. The minimum Gasteiger partial charge on any atom is -0.489 e. The van der Waals surface area contributed by atoms with E-state index in [0.29, 0.717) is 6.54 Å². The number of nitrogens with zero attached hydrogens (tertiary/aromatic N) is 3. The Morgan fingerprint density at radius 1 is 1.17 bits per heavy atom. The summed E-state index contributed by atoms with van der Waals surface area (Å²) in [5, 5.41) is 0. The van der Waals surface area contributed by atoms with E-state index in [2.05, 4.69) is 21.7 Å². The van der Waals surface area contributed by atoms with Crippen LogP contribution in [0.3, 0.4) is 0 Å². The zero-order valence-electron chi connectivity index (χ0n) is 16.1. The lowest BCUT2D eigenvalue weighted by Gasteiger charge is -2.53. The molecule has 29 heavy (non-hydrogen) atoms. The highest BCUT2D eigenvalue weighted by Crippen LogP contribution is 2.35. The fourth-order valence-electron chi connectivity index (χ4n) is 4.24. The smallest absolute Gasteiger partial charge is 0.416 e. The second-order valence-corrected chi connectivity index (χ2v) is 8.00. The zero-order valence-corrected chi connectivity index (χ0v) is 16.1. The molecule has 2 atom stereocenters. The molecule has 3 heterocycles. The third kappa shape index (κ3) is 4.32. The lowest BCUT2D eigenvalue weighted by Crippen LogP contribution is -2.65. The van der Waals surface area contributed by atoms with Crippen LogP contribution in [0.5, 0.6) is 5.75 Å². The molecule has 0 radical (unpaired) electrons. The number of pyridine rings is 1. The Labute approximate surface area is 167 Å². The van der Waals surface area contributed by atoms with Gasteiger partial charge in [-0.1, -0.05) is 6.07 Å². The van der Waals surface area contributed by atoms with E-state index < -0.39 is 11.7 Å². The molecule has 1 aromatic heterocycles. The normalized spacial score (nSPS) is 25.6. The van der Waals surface area contributed by atoms with E-state index in [4.69, 9.17) is 4.74 Å². The summed E-state index contributed by atoms with van der Waals surface area (Å²) in [6, 6.07) is 8.16. The van der Waals surface area contributed by atoms with E-state index in [1.807, 2.05) is 0 Å². The SMILES string of the molecule is C[C@@]12CC[C@@H](Oc3cccc(C(F)(F)F)c3)CN1CCN(c1ccc(F)cn1)C2. The van der Waals surface area contributed by atoms with Gasteiger partial charge in [-0.2, -0.15) is 13.2 Å². The van der Waals surface area contributed by atoms with E-state index >= 15 is 0 Å². The minimum atomic E-state index is -4.38. The molecule has 0 unspecified atom stereocenters. The average Bonchev–Trinajstić information content (AvgIpc) is 2.68. The highest BCUT2D eigenvalue weighted by atomic mass is 19.4. The van der Waals surface area contributed by atoms with Crippen LogP contribution in [0, 0.1) is 5.82 Å². The van der Waals surface area contributed by atoms with E-state index in [-0.39, 0.29) is 23.2 Å². The fraction of sp³-hybridized carbons (Fsp3) is 0.476. The van der Waals surface area contributed by atoms with Gasteiger partial charge >= 0.3 is 6.18 Å². The summed E-state index contributed by atoms with van der Waals surface area (Å²) in [5.41, 5.74) is -0.779. The van der Waals surface area contributed by atoms with Crippen LogP contribution in [0.15, 0.2) is 42.6 Å². The molecule has 2 saturated heterocycles. The number of ether oxygens (including phenoxy) is 1. The molecule has 0 amide bonds. The van der Waals surface area contributed by atoms with Gasteiger partial charge in [0.25, 0.3) is 0 Å². The van der Waals surface area contributed by atoms with Crippen molar-refractivity contribution in [3.8, 4) is 5.75 Å². The van der Waals surface area contributed by atoms with Crippen molar-refractivity contribution in [3.63, 3.8) is 0 Å². The third-order valence-corrected chi connectivity index (χ3v) is 5.86. The Balaban J connectivity index is 1.41. The number of fused-ring (bicyclic) bond motifs is 1. The predicted molar refractivity (Wildman–Crippen MR) is 101 cm³/mol. The first kappa shape index (κ1) is 19.9. The lowest BCUT2D eigenvalue weighted by atomic mass is 9.85. The number of halogens is 4. The number of piperazine rings is 1. The Kier molecular flexibility index (Phi) is 5.14. The minimum absolute atomic E-state index is 0.0814. The zero-order chi connectivity index (χ0) is 20.6. The van der Waals surface area contributed by atoms with Crippen molar-refractivity contribution in [1.82, 2.24) is 9.88 Å². The van der Waals surface area contributed by atoms with Crippen LogP contribution in [-0.4, -0.2) is 47.7 Å². The number of rotatable bonds is 3. The van der Waals surface area contributed by atoms with Crippen molar-refractivity contribution < 1.29 is 22.3 Å². The molecule has 2 aliphatic rings. The monoisotopic (exact) mass is 409 g/mol. The molecule has 0 N–H and O–H groups in total. The Hall–Kier alpha value is -2.35. The summed E-state index contributed by atoms with van der Waals surface area (Å²) in [7, 11) is 0. The molecule has 1 aromatic carbocycles. The van der Waals surface area contributed by atoms with Gasteiger partial charge in [0.1, 0.15) is 23.5 Å². The number of piperidine rings is 1. The second-order valence-electron chi connectivity index (χ2n) is 8.00. The van der Waals surface area contributed by atoms with E-state index in [0.717, 1.165) is 50.4 Å². The van der Waals surface area contributed by atoms with Crippen LogP contribution in [0.4, 0.5) is 23.4 Å². The third-order valence-electron chi connectivity index (χ3n) is 5.86. The average molecular weight is 409 g/mol. The molecule has 0 saturated carbocycles. The highest BCUT2D eigenvalue weighted by molar-refractivity contribution is 5.40. The van der Waals surface area contributed by atoms with Gasteiger partial charge in [0, 0.05) is 31.7 Å². The van der Waals surface area contributed by atoms with Gasteiger partial charge in [-0.3, -0.25) is 4.90 Å².